The van der Waals surface area contributed by atoms with Gasteiger partial charge < -0.3 is 0 Å². The second-order valence-corrected chi connectivity index (χ2v) is 2.24. The molecule has 12 heavy (non-hydrogen) atoms. The number of rotatable bonds is 1. The van der Waals surface area contributed by atoms with Crippen molar-refractivity contribution in [1.29, 1.82) is 0 Å². The molecule has 0 aliphatic heterocycles. The number of hydrogen-bond acceptors (Lipinski definition) is 3. The van der Waals surface area contributed by atoms with Crippen LogP contribution in [0.25, 0.3) is 11.4 Å². The van der Waals surface area contributed by atoms with Crippen molar-refractivity contribution in [1.82, 2.24) is 15.0 Å². The van der Waals surface area contributed by atoms with Crippen LogP contribution in [-0.4, -0.2) is 15.0 Å². The molecule has 3 heteroatoms. The summed E-state index contributed by atoms with van der Waals surface area (Å²) >= 11 is 0. The molecule has 0 amide bonds. The summed E-state index contributed by atoms with van der Waals surface area (Å²) in [5.74, 6) is 0.658. The normalized spacial score (nSPS) is 9.67. The lowest BCUT2D eigenvalue weighted by Gasteiger charge is -1.95. The second kappa shape index (κ2) is 3.09. The summed E-state index contributed by atoms with van der Waals surface area (Å²) in [4.78, 5) is 11.7. The van der Waals surface area contributed by atoms with Gasteiger partial charge in [0.2, 0.25) is 0 Å². The monoisotopic (exact) mass is 156 g/mol. The van der Waals surface area contributed by atoms with Crippen LogP contribution in [0.1, 0.15) is 0 Å². The first kappa shape index (κ1) is 6.91. The third-order valence-electron chi connectivity index (χ3n) is 1.44. The van der Waals surface area contributed by atoms with Crippen molar-refractivity contribution in [2.24, 2.45) is 0 Å². The molecule has 0 aliphatic rings. The highest BCUT2D eigenvalue weighted by Gasteiger charge is 1.96. The highest BCUT2D eigenvalue weighted by molar-refractivity contribution is 5.52. The molecule has 1 aromatic carbocycles. The minimum Gasteiger partial charge on any atom is -0.225 e. The molecule has 0 unspecified atom stereocenters. The standard InChI is InChI=1S/C9H6N3/c1-2-4-8(5-3-1)9-11-6-10-7-12-9/h1-4,6-7H. The van der Waals surface area contributed by atoms with Crippen LogP contribution >= 0.6 is 0 Å². The summed E-state index contributed by atoms with van der Waals surface area (Å²) in [6.07, 6.45) is 2.95. The molecular weight excluding hydrogens is 150 g/mol. The quantitative estimate of drug-likeness (QED) is 0.625. The fourth-order valence-electron chi connectivity index (χ4n) is 0.911. The van der Waals surface area contributed by atoms with E-state index in [9.17, 15) is 0 Å². The highest BCUT2D eigenvalue weighted by atomic mass is 15.0. The van der Waals surface area contributed by atoms with Crippen LogP contribution < -0.4 is 0 Å². The zero-order valence-corrected chi connectivity index (χ0v) is 6.31. The van der Waals surface area contributed by atoms with Gasteiger partial charge in [-0.1, -0.05) is 24.3 Å². The lowest BCUT2D eigenvalue weighted by molar-refractivity contribution is 1.06. The smallest absolute Gasteiger partial charge is 0.163 e. The van der Waals surface area contributed by atoms with Crippen molar-refractivity contribution in [3.05, 3.63) is 43.0 Å². The van der Waals surface area contributed by atoms with Gasteiger partial charge in [0.05, 0.1) is 0 Å². The molecule has 0 bridgehead atoms. The first-order valence-electron chi connectivity index (χ1n) is 3.56. The van der Waals surface area contributed by atoms with E-state index >= 15 is 0 Å². The Balaban J connectivity index is 2.46. The first-order chi connectivity index (χ1) is 5.97. The van der Waals surface area contributed by atoms with E-state index < -0.39 is 0 Å². The molecule has 1 aromatic heterocycles. The lowest BCUT2D eigenvalue weighted by Crippen LogP contribution is -1.87. The van der Waals surface area contributed by atoms with E-state index in [2.05, 4.69) is 21.0 Å². The van der Waals surface area contributed by atoms with Crippen molar-refractivity contribution in [3.63, 3.8) is 0 Å². The summed E-state index contributed by atoms with van der Waals surface area (Å²) in [6.45, 7) is 0. The molecule has 0 spiro atoms. The number of benzene rings is 1. The van der Waals surface area contributed by atoms with Crippen molar-refractivity contribution < 1.29 is 0 Å². The van der Waals surface area contributed by atoms with Gasteiger partial charge in [-0.15, -0.1) is 0 Å². The number of hydrogen-bond donors (Lipinski definition) is 0. The molecule has 0 aliphatic carbocycles. The molecule has 0 saturated heterocycles. The third-order valence-corrected chi connectivity index (χ3v) is 1.44. The van der Waals surface area contributed by atoms with E-state index in [1.54, 1.807) is 0 Å². The lowest BCUT2D eigenvalue weighted by atomic mass is 10.2. The predicted molar refractivity (Wildman–Crippen MR) is 44.1 cm³/mol. The van der Waals surface area contributed by atoms with Crippen LogP contribution in [-0.2, 0) is 0 Å². The van der Waals surface area contributed by atoms with Crippen molar-refractivity contribution >= 4 is 0 Å². The minimum atomic E-state index is 0.658. The molecule has 0 atom stereocenters. The van der Waals surface area contributed by atoms with Gasteiger partial charge >= 0.3 is 0 Å². The van der Waals surface area contributed by atoms with Crippen LogP contribution in [0.4, 0.5) is 0 Å². The second-order valence-electron chi connectivity index (χ2n) is 2.24. The van der Waals surface area contributed by atoms with E-state index in [1.807, 2.05) is 24.3 Å². The fraction of sp³-hybridized carbons (Fsp3) is 0. The Hall–Kier alpha value is -1.77. The molecule has 2 aromatic rings. The Morgan fingerprint density at radius 2 is 1.92 bits per heavy atom. The molecule has 57 valence electrons. The zero-order chi connectivity index (χ0) is 8.23. The van der Waals surface area contributed by atoms with E-state index in [4.69, 9.17) is 0 Å². The Kier molecular flexibility index (Phi) is 1.78. The Morgan fingerprint density at radius 3 is 2.58 bits per heavy atom. The summed E-state index contributed by atoms with van der Waals surface area (Å²) in [5.41, 5.74) is 0.889. The Bertz CT molecular complexity index is 307. The molecule has 0 saturated carbocycles. The molecule has 1 heterocycles. The third kappa shape index (κ3) is 1.29. The molecule has 2 rings (SSSR count). The van der Waals surface area contributed by atoms with E-state index in [0.29, 0.717) is 5.82 Å². The SMILES string of the molecule is [c]1ccccc1-c1ncncn1. The molecule has 0 fully saturated rings. The number of nitrogens with zero attached hydrogens (tertiary/aromatic N) is 3. The summed E-state index contributed by atoms with van der Waals surface area (Å²) in [6, 6.07) is 10.6. The zero-order valence-electron chi connectivity index (χ0n) is 6.31. The molecule has 1 radical (unpaired) electrons. The van der Waals surface area contributed by atoms with E-state index in [-0.39, 0.29) is 0 Å². The maximum absolute atomic E-state index is 4.00. The van der Waals surface area contributed by atoms with Gasteiger partial charge in [0.15, 0.2) is 5.82 Å². The predicted octanol–water partition coefficient (Wildman–Crippen LogP) is 1.34. The summed E-state index contributed by atoms with van der Waals surface area (Å²) in [7, 11) is 0. The summed E-state index contributed by atoms with van der Waals surface area (Å²) < 4.78 is 0. The van der Waals surface area contributed by atoms with E-state index in [0.717, 1.165) is 5.56 Å². The van der Waals surface area contributed by atoms with E-state index in [1.165, 1.54) is 12.7 Å². The van der Waals surface area contributed by atoms with Crippen LogP contribution in [0.3, 0.4) is 0 Å². The van der Waals surface area contributed by atoms with Crippen LogP contribution in [0.2, 0.25) is 0 Å². The van der Waals surface area contributed by atoms with Crippen LogP contribution in [0.5, 0.6) is 0 Å². The number of aromatic nitrogens is 3. The average Bonchev–Trinajstić information content (AvgIpc) is 2.21. The largest absolute Gasteiger partial charge is 0.225 e. The maximum atomic E-state index is 4.00. The average molecular weight is 156 g/mol. The maximum Gasteiger partial charge on any atom is 0.163 e. The van der Waals surface area contributed by atoms with Crippen molar-refractivity contribution in [3.8, 4) is 11.4 Å². The molecular formula is C9H6N3. The van der Waals surface area contributed by atoms with Gasteiger partial charge in [-0.05, 0) is 6.07 Å². The minimum absolute atomic E-state index is 0.658. The Morgan fingerprint density at radius 1 is 1.08 bits per heavy atom. The van der Waals surface area contributed by atoms with Gasteiger partial charge in [0.25, 0.3) is 0 Å². The van der Waals surface area contributed by atoms with Crippen molar-refractivity contribution in [2.45, 2.75) is 0 Å². The molecule has 3 nitrogen and oxygen atoms in total. The van der Waals surface area contributed by atoms with Gasteiger partial charge in [0, 0.05) is 5.56 Å². The summed E-state index contributed by atoms with van der Waals surface area (Å²) in [5, 5.41) is 0. The van der Waals surface area contributed by atoms with Gasteiger partial charge in [-0.2, -0.15) is 0 Å². The van der Waals surface area contributed by atoms with Crippen LogP contribution in [0, 0.1) is 6.07 Å². The van der Waals surface area contributed by atoms with Crippen molar-refractivity contribution in [2.75, 3.05) is 0 Å². The first-order valence-corrected chi connectivity index (χ1v) is 3.56. The van der Waals surface area contributed by atoms with Crippen LogP contribution in [0.15, 0.2) is 36.9 Å². The fourth-order valence-corrected chi connectivity index (χ4v) is 0.911. The van der Waals surface area contributed by atoms with Gasteiger partial charge in [-0.25, -0.2) is 15.0 Å². The van der Waals surface area contributed by atoms with Gasteiger partial charge in [-0.3, -0.25) is 0 Å². The highest BCUT2D eigenvalue weighted by Crippen LogP contribution is 2.10. The topological polar surface area (TPSA) is 38.7 Å². The van der Waals surface area contributed by atoms with Gasteiger partial charge in [0.1, 0.15) is 12.7 Å². The Labute approximate surface area is 70.1 Å². The molecule has 0 N–H and O–H groups in total.